The Balaban J connectivity index is 0.000000470. The van der Waals surface area contributed by atoms with E-state index in [1.54, 1.807) is 81.1 Å². The van der Waals surface area contributed by atoms with Crippen molar-refractivity contribution in [3.63, 3.8) is 0 Å². The van der Waals surface area contributed by atoms with E-state index in [1.807, 2.05) is 123 Å². The second-order valence-corrected chi connectivity index (χ2v) is 22.0. The summed E-state index contributed by atoms with van der Waals surface area (Å²) >= 11 is 44.5. The van der Waals surface area contributed by atoms with Gasteiger partial charge >= 0.3 is 0 Å². The lowest BCUT2D eigenvalue weighted by Crippen LogP contribution is -2.27. The number of nitrogens with zero attached hydrogens (tertiary/aromatic N) is 16. The SMILES string of the molecule is CC1(C)CC1(Cl)Cl.Cc1[nH]nc[n+]1C.Cc1ccc(Cl)nc1.Cc1ccc(Cl)nn1.Cc1cccnc1Cl.Cc1cccnn1.Cc1cncc(Cl)c1.Cc1cnccc1Cl.Cc1coc(Cl)n1.Cc1cocn1.Cc1ncn[nH]1.Cc1ncon1. The van der Waals surface area contributed by atoms with Gasteiger partial charge in [0.15, 0.2) is 17.4 Å². The molecule has 0 spiro atoms. The first-order valence-electron chi connectivity index (χ1n) is 25.3. The van der Waals surface area contributed by atoms with Crippen molar-refractivity contribution in [2.24, 2.45) is 12.5 Å². The van der Waals surface area contributed by atoms with Crippen LogP contribution >= 0.6 is 92.8 Å². The number of alkyl halides is 2. The van der Waals surface area contributed by atoms with Crippen molar-refractivity contribution >= 4 is 92.8 Å². The fraction of sp³-hybridized carbons (Fsp3) is 0.298. The summed E-state index contributed by atoms with van der Waals surface area (Å²) < 4.78 is 15.1. The first-order valence-corrected chi connectivity index (χ1v) is 28.3. The van der Waals surface area contributed by atoms with Crippen molar-refractivity contribution in [2.45, 2.75) is 101 Å². The molecule has 2 N–H and O–H groups in total. The summed E-state index contributed by atoms with van der Waals surface area (Å²) in [4.78, 5) is 30.2. The maximum Gasteiger partial charge on any atom is 0.292 e. The summed E-state index contributed by atoms with van der Waals surface area (Å²) in [5, 5.41) is 34.1. The van der Waals surface area contributed by atoms with Gasteiger partial charge in [0.25, 0.3) is 11.7 Å². The van der Waals surface area contributed by atoms with Crippen LogP contribution < -0.4 is 4.57 Å². The highest BCUT2D eigenvalue weighted by molar-refractivity contribution is 6.51. The van der Waals surface area contributed by atoms with Crippen molar-refractivity contribution in [1.82, 2.24) is 85.8 Å². The Morgan fingerprint density at radius 2 is 1.27 bits per heavy atom. The van der Waals surface area contributed by atoms with E-state index in [-0.39, 0.29) is 10.8 Å². The van der Waals surface area contributed by atoms with Gasteiger partial charge in [0.1, 0.15) is 39.3 Å². The maximum atomic E-state index is 5.70. The van der Waals surface area contributed by atoms with Crippen LogP contribution in [0.1, 0.15) is 82.8 Å². The number of H-pyrrole nitrogens is 2. The molecule has 0 radical (unpaired) electrons. The van der Waals surface area contributed by atoms with Gasteiger partial charge in [0, 0.05) is 65.8 Å². The van der Waals surface area contributed by atoms with Crippen molar-refractivity contribution in [2.75, 3.05) is 0 Å². The largest absolute Gasteiger partial charge is 0.452 e. The van der Waals surface area contributed by atoms with Gasteiger partial charge < -0.3 is 13.4 Å². The monoisotopic (exact) mass is 1330 g/mol. The Labute approximate surface area is 541 Å². The first-order chi connectivity index (χ1) is 40.6. The van der Waals surface area contributed by atoms with Gasteiger partial charge in [-0.15, -0.1) is 33.4 Å². The minimum absolute atomic E-state index is 0.177. The van der Waals surface area contributed by atoms with E-state index in [9.17, 15) is 0 Å². The van der Waals surface area contributed by atoms with Gasteiger partial charge in [-0.2, -0.15) is 25.4 Å². The van der Waals surface area contributed by atoms with Crippen LogP contribution in [0.4, 0.5) is 0 Å². The average molecular weight is 1340 g/mol. The van der Waals surface area contributed by atoms with Gasteiger partial charge in [-0.05, 0) is 158 Å². The van der Waals surface area contributed by atoms with Gasteiger partial charge in [-0.25, -0.2) is 29.5 Å². The van der Waals surface area contributed by atoms with E-state index in [4.69, 9.17) is 92.8 Å². The van der Waals surface area contributed by atoms with E-state index in [0.29, 0.717) is 26.3 Å². The molecular weight excluding hydrogens is 1270 g/mol. The number of nitrogens with one attached hydrogen (secondary N) is 2. The van der Waals surface area contributed by atoms with E-state index < -0.39 is 4.33 Å². The van der Waals surface area contributed by atoms with Crippen LogP contribution in [-0.2, 0) is 7.05 Å². The molecule has 12 rings (SSSR count). The highest BCUT2D eigenvalue weighted by Gasteiger charge is 2.59. The lowest BCUT2D eigenvalue weighted by Gasteiger charge is -1.99. The summed E-state index contributed by atoms with van der Waals surface area (Å²) in [5.41, 5.74) is 8.03. The third-order valence-corrected chi connectivity index (χ3v) is 12.7. The first kappa shape index (κ1) is 76.9. The van der Waals surface area contributed by atoms with Crippen molar-refractivity contribution < 1.29 is 17.9 Å². The Hall–Kier alpha value is -7.08. The standard InChI is InChI=1S/4C6H6ClN.C5H8Cl2.C5H5ClN2.C5H6N2.C4H4ClNO.C4H7N3.C4H5NO.C3H5N3.C3H4N2O/c1-5-2-6(7)4-8-3-5;1-5-4-8-3-2-6(5)7;1-5-2-3-6(7)8-4-5;1-5-3-2-4-8-6(5)7;1-4(2)3-5(4,6)7;1-4-2-3-5(6)8-7-4;1-5-3-2-4-6-7-5;1-3-2-7-4(5)6-3;1-4-6-5-3-7(4)2;1-4-2-6-3-5-4;1-3-4-2-5-6-3;1-3-4-2-6-5-3/h4*2-4H,1H3;3H2,1-2H3;2-3H,1H3;2-4H,1H3;2H,1H3;3H,1-2H3;2-3H,1H3;2H,1H3,(H,4,5,6);2H,1H3/p+1. The molecule has 1 aliphatic rings. The molecular formula is C57H69Cl8N18O3+. The zero-order chi connectivity index (χ0) is 64.5. The summed E-state index contributed by atoms with van der Waals surface area (Å²) in [6.07, 6.45) is 21.8. The number of pyridine rings is 4. The van der Waals surface area contributed by atoms with Gasteiger partial charge in [0.2, 0.25) is 12.2 Å². The topological polar surface area (TPSA) is 268 Å². The van der Waals surface area contributed by atoms with Crippen molar-refractivity contribution in [1.29, 1.82) is 0 Å². The molecule has 11 aromatic heterocycles. The highest BCUT2D eigenvalue weighted by Crippen LogP contribution is 2.63. The van der Waals surface area contributed by atoms with Gasteiger partial charge in [0.05, 0.1) is 34.8 Å². The quantitative estimate of drug-likeness (QED) is 0.0811. The molecule has 86 heavy (non-hydrogen) atoms. The van der Waals surface area contributed by atoms with Crippen LogP contribution in [0.2, 0.25) is 30.9 Å². The molecule has 1 fully saturated rings. The number of aryl methyl sites for hydroxylation is 12. The van der Waals surface area contributed by atoms with E-state index in [1.165, 1.54) is 25.4 Å². The molecule has 0 bridgehead atoms. The van der Waals surface area contributed by atoms with Crippen LogP contribution in [0.15, 0.2) is 155 Å². The smallest absolute Gasteiger partial charge is 0.292 e. The van der Waals surface area contributed by atoms with E-state index in [0.717, 1.165) is 68.1 Å². The summed E-state index contributed by atoms with van der Waals surface area (Å²) in [6, 6.07) is 18.4. The molecule has 0 unspecified atom stereocenters. The highest BCUT2D eigenvalue weighted by atomic mass is 35.5. The Morgan fingerprint density at radius 3 is 1.52 bits per heavy atom. The molecule has 1 saturated carbocycles. The number of aromatic nitrogens is 18. The van der Waals surface area contributed by atoms with Crippen molar-refractivity contribution in [3.8, 4) is 0 Å². The molecule has 11 aromatic rings. The second kappa shape index (κ2) is 43.5. The third kappa shape index (κ3) is 39.5. The summed E-state index contributed by atoms with van der Waals surface area (Å²) in [5.74, 6) is 2.60. The van der Waals surface area contributed by atoms with Crippen LogP contribution in [0, 0.1) is 81.6 Å². The molecule has 1 aliphatic carbocycles. The van der Waals surface area contributed by atoms with Crippen LogP contribution in [0.3, 0.4) is 0 Å². The molecule has 0 atom stereocenters. The number of rotatable bonds is 0. The number of halogens is 8. The van der Waals surface area contributed by atoms with Crippen LogP contribution in [0.5, 0.6) is 0 Å². The van der Waals surface area contributed by atoms with Gasteiger partial charge in [-0.1, -0.05) is 89.1 Å². The zero-order valence-electron chi connectivity index (χ0n) is 49.9. The number of aromatic amines is 2. The van der Waals surface area contributed by atoms with E-state index >= 15 is 0 Å². The Bertz CT molecular complexity index is 3100. The minimum Gasteiger partial charge on any atom is -0.452 e. The predicted octanol–water partition coefficient (Wildman–Crippen LogP) is 15.6. The summed E-state index contributed by atoms with van der Waals surface area (Å²) in [7, 11) is 1.94. The molecule has 29 heteroatoms. The number of oxazole rings is 2. The molecule has 21 nitrogen and oxygen atoms in total. The normalized spacial score (nSPS) is 11.0. The lowest BCUT2D eigenvalue weighted by molar-refractivity contribution is -0.677. The Kier molecular flexibility index (Phi) is 38.9. The predicted molar refractivity (Wildman–Crippen MR) is 339 cm³/mol. The van der Waals surface area contributed by atoms with Crippen molar-refractivity contribution in [3.05, 3.63) is 235 Å². The van der Waals surface area contributed by atoms with Crippen LogP contribution in [0.25, 0.3) is 0 Å². The minimum atomic E-state index is -0.410. The summed E-state index contributed by atoms with van der Waals surface area (Å²) in [6.45, 7) is 25.0. The molecule has 11 heterocycles. The molecule has 0 amide bonds. The molecule has 0 aromatic carbocycles. The Morgan fingerprint density at radius 1 is 0.581 bits per heavy atom. The second-order valence-electron chi connectivity index (χ2n) is 18.2. The zero-order valence-corrected chi connectivity index (χ0v) is 55.9. The van der Waals surface area contributed by atoms with E-state index in [2.05, 4.69) is 113 Å². The fourth-order valence-corrected chi connectivity index (χ4v) is 6.14. The van der Waals surface area contributed by atoms with Crippen LogP contribution in [-0.4, -0.2) is 90.2 Å². The lowest BCUT2D eigenvalue weighted by atomic mass is 10.2. The maximum absolute atomic E-state index is 5.70. The fourth-order valence-electron chi connectivity index (χ4n) is 4.63. The third-order valence-electron chi connectivity index (χ3n) is 9.75. The molecule has 460 valence electrons. The number of hydrogen-bond donors (Lipinski definition) is 2. The molecule has 0 aliphatic heterocycles. The van der Waals surface area contributed by atoms with Gasteiger partial charge in [-0.3, -0.25) is 15.1 Å². The molecule has 0 saturated heterocycles. The average Bonchev–Trinajstić information content (AvgIpc) is 1.76. The number of hydrogen-bond acceptors (Lipinski definition) is 18.